The van der Waals surface area contributed by atoms with Gasteiger partial charge in [0.25, 0.3) is 5.91 Å². The number of amides is 1. The summed E-state index contributed by atoms with van der Waals surface area (Å²) < 4.78 is 39.3. The van der Waals surface area contributed by atoms with Gasteiger partial charge in [-0.05, 0) is 43.7 Å². The predicted octanol–water partition coefficient (Wildman–Crippen LogP) is 4.10. The Morgan fingerprint density at radius 2 is 1.58 bits per heavy atom. The first-order valence-corrected chi connectivity index (χ1v) is 7.94. The number of carbonyl (C=O) groups is 1. The maximum Gasteiger partial charge on any atom is 0.387 e. The predicted molar refractivity (Wildman–Crippen MR) is 93.2 cm³/mol. The summed E-state index contributed by atoms with van der Waals surface area (Å²) in [4.78, 5) is 12.5. The van der Waals surface area contributed by atoms with Gasteiger partial charge in [0.15, 0.2) is 0 Å². The van der Waals surface area contributed by atoms with Gasteiger partial charge in [-0.25, -0.2) is 0 Å². The van der Waals surface area contributed by atoms with Crippen molar-refractivity contribution < 1.29 is 27.8 Å². The van der Waals surface area contributed by atoms with Crippen molar-refractivity contribution in [1.82, 2.24) is 5.32 Å². The van der Waals surface area contributed by atoms with Crippen molar-refractivity contribution in [3.8, 4) is 17.2 Å². The molecule has 0 aliphatic carbocycles. The van der Waals surface area contributed by atoms with Crippen LogP contribution in [0, 0.1) is 6.92 Å². The van der Waals surface area contributed by atoms with Gasteiger partial charge in [-0.15, -0.1) is 0 Å². The molecule has 0 heterocycles. The second-order valence-electron chi connectivity index (χ2n) is 5.65. The molecular formula is C19H21F2NO4. The molecule has 0 saturated carbocycles. The number of benzene rings is 2. The van der Waals surface area contributed by atoms with Gasteiger partial charge in [-0.1, -0.05) is 12.1 Å². The van der Waals surface area contributed by atoms with Crippen LogP contribution in [-0.4, -0.2) is 26.7 Å². The van der Waals surface area contributed by atoms with Crippen LogP contribution in [0.4, 0.5) is 8.78 Å². The van der Waals surface area contributed by atoms with Crippen LogP contribution < -0.4 is 19.5 Å². The van der Waals surface area contributed by atoms with Crippen molar-refractivity contribution in [1.29, 1.82) is 0 Å². The zero-order valence-electron chi connectivity index (χ0n) is 15.0. The second kappa shape index (κ2) is 8.51. The highest BCUT2D eigenvalue weighted by molar-refractivity contribution is 5.95. The quantitative estimate of drug-likeness (QED) is 0.802. The first-order valence-electron chi connectivity index (χ1n) is 7.94. The number of carbonyl (C=O) groups excluding carboxylic acids is 1. The van der Waals surface area contributed by atoms with Crippen molar-refractivity contribution in [2.45, 2.75) is 26.5 Å². The van der Waals surface area contributed by atoms with Crippen LogP contribution in [0.2, 0.25) is 0 Å². The largest absolute Gasteiger partial charge is 0.496 e. The van der Waals surface area contributed by atoms with Crippen LogP contribution in [-0.2, 0) is 0 Å². The Morgan fingerprint density at radius 1 is 1.04 bits per heavy atom. The van der Waals surface area contributed by atoms with E-state index < -0.39 is 6.61 Å². The highest BCUT2D eigenvalue weighted by atomic mass is 19.3. The van der Waals surface area contributed by atoms with Gasteiger partial charge in [-0.3, -0.25) is 4.79 Å². The van der Waals surface area contributed by atoms with E-state index in [1.165, 1.54) is 26.4 Å². The Balaban J connectivity index is 2.14. The number of hydrogen-bond donors (Lipinski definition) is 1. The minimum absolute atomic E-state index is 0.0651. The lowest BCUT2D eigenvalue weighted by molar-refractivity contribution is -0.0498. The molecule has 7 heteroatoms. The van der Waals surface area contributed by atoms with E-state index in [1.54, 1.807) is 31.2 Å². The van der Waals surface area contributed by atoms with Gasteiger partial charge in [-0.2, -0.15) is 8.78 Å². The lowest BCUT2D eigenvalue weighted by Gasteiger charge is -2.17. The lowest BCUT2D eigenvalue weighted by Crippen LogP contribution is -2.26. The van der Waals surface area contributed by atoms with Crippen LogP contribution in [0.3, 0.4) is 0 Å². The number of hydrogen-bond acceptors (Lipinski definition) is 4. The van der Waals surface area contributed by atoms with Gasteiger partial charge in [0, 0.05) is 11.1 Å². The van der Waals surface area contributed by atoms with Crippen molar-refractivity contribution in [3.05, 3.63) is 53.1 Å². The van der Waals surface area contributed by atoms with Gasteiger partial charge < -0.3 is 19.5 Å². The maximum absolute atomic E-state index is 12.5. The minimum Gasteiger partial charge on any atom is -0.496 e. The summed E-state index contributed by atoms with van der Waals surface area (Å²) >= 11 is 0. The fraction of sp³-hybridized carbons (Fsp3) is 0.316. The van der Waals surface area contributed by atoms with E-state index in [4.69, 9.17) is 9.47 Å². The topological polar surface area (TPSA) is 56.8 Å². The highest BCUT2D eigenvalue weighted by Crippen LogP contribution is 2.29. The summed E-state index contributed by atoms with van der Waals surface area (Å²) in [7, 11) is 3.05. The average Bonchev–Trinajstić information content (AvgIpc) is 2.61. The molecule has 0 aliphatic heterocycles. The molecule has 2 aromatic rings. The standard InChI is InChI=1S/C19H21F2NO4/c1-11-16(24-3)9-14(10-17(11)25-4)18(23)22-12(2)13-5-7-15(8-6-13)26-19(20)21/h5-10,12,19H,1-4H3,(H,22,23). The maximum atomic E-state index is 12.5. The summed E-state index contributed by atoms with van der Waals surface area (Å²) in [5, 5.41) is 2.86. The first-order chi connectivity index (χ1) is 12.3. The minimum atomic E-state index is -2.87. The zero-order chi connectivity index (χ0) is 19.3. The SMILES string of the molecule is COc1cc(C(=O)NC(C)c2ccc(OC(F)F)cc2)cc(OC)c1C. The fourth-order valence-corrected chi connectivity index (χ4v) is 2.52. The molecule has 140 valence electrons. The molecule has 0 radical (unpaired) electrons. The summed E-state index contributed by atoms with van der Waals surface area (Å²) in [5.41, 5.74) is 1.95. The molecule has 26 heavy (non-hydrogen) atoms. The third-order valence-corrected chi connectivity index (χ3v) is 3.97. The van der Waals surface area contributed by atoms with Crippen LogP contribution in [0.1, 0.15) is 34.5 Å². The molecule has 0 aromatic heterocycles. The average molecular weight is 365 g/mol. The van der Waals surface area contributed by atoms with E-state index in [0.717, 1.165) is 11.1 Å². The number of ether oxygens (including phenoxy) is 3. The highest BCUT2D eigenvalue weighted by Gasteiger charge is 2.16. The van der Waals surface area contributed by atoms with Gasteiger partial charge in [0.1, 0.15) is 17.2 Å². The van der Waals surface area contributed by atoms with Crippen LogP contribution in [0.15, 0.2) is 36.4 Å². The normalized spacial score (nSPS) is 11.8. The summed E-state index contributed by atoms with van der Waals surface area (Å²) in [6.45, 7) is 0.763. The van der Waals surface area contributed by atoms with Gasteiger partial charge in [0.2, 0.25) is 0 Å². The van der Waals surface area contributed by atoms with E-state index in [9.17, 15) is 13.6 Å². The molecule has 0 saturated heterocycles. The zero-order valence-corrected chi connectivity index (χ0v) is 15.0. The molecule has 0 spiro atoms. The Morgan fingerprint density at radius 3 is 2.04 bits per heavy atom. The third-order valence-electron chi connectivity index (χ3n) is 3.97. The van der Waals surface area contributed by atoms with E-state index in [0.29, 0.717) is 17.1 Å². The van der Waals surface area contributed by atoms with E-state index in [1.807, 2.05) is 6.92 Å². The molecule has 1 unspecified atom stereocenters. The molecule has 0 aliphatic rings. The molecule has 2 aromatic carbocycles. The molecule has 1 amide bonds. The first kappa shape index (κ1) is 19.5. The second-order valence-corrected chi connectivity index (χ2v) is 5.65. The third kappa shape index (κ3) is 4.62. The van der Waals surface area contributed by atoms with Crippen LogP contribution in [0.5, 0.6) is 17.2 Å². The summed E-state index contributed by atoms with van der Waals surface area (Å²) in [6.07, 6.45) is 0. The molecule has 5 nitrogen and oxygen atoms in total. The summed E-state index contributed by atoms with van der Waals surface area (Å²) in [6, 6.07) is 9.06. The van der Waals surface area contributed by atoms with Gasteiger partial charge in [0.05, 0.1) is 20.3 Å². The molecule has 0 bridgehead atoms. The van der Waals surface area contributed by atoms with Crippen molar-refractivity contribution in [2.24, 2.45) is 0 Å². The van der Waals surface area contributed by atoms with Crippen LogP contribution in [0.25, 0.3) is 0 Å². The number of alkyl halides is 2. The Kier molecular flexibility index (Phi) is 6.38. The van der Waals surface area contributed by atoms with Crippen molar-refractivity contribution >= 4 is 5.91 Å². The lowest BCUT2D eigenvalue weighted by atomic mass is 10.1. The number of rotatable bonds is 7. The fourth-order valence-electron chi connectivity index (χ4n) is 2.52. The summed E-state index contributed by atoms with van der Waals surface area (Å²) in [5.74, 6) is 0.864. The Labute approximate surface area is 150 Å². The van der Waals surface area contributed by atoms with E-state index in [-0.39, 0.29) is 17.7 Å². The van der Waals surface area contributed by atoms with Crippen LogP contribution >= 0.6 is 0 Å². The van der Waals surface area contributed by atoms with E-state index in [2.05, 4.69) is 10.1 Å². The molecule has 2 rings (SSSR count). The monoisotopic (exact) mass is 365 g/mol. The van der Waals surface area contributed by atoms with E-state index >= 15 is 0 Å². The smallest absolute Gasteiger partial charge is 0.387 e. The Bertz CT molecular complexity index is 738. The Hall–Kier alpha value is -2.83. The molecular weight excluding hydrogens is 344 g/mol. The number of halogens is 2. The molecule has 1 atom stereocenters. The number of nitrogens with one attached hydrogen (secondary N) is 1. The molecule has 0 fully saturated rings. The van der Waals surface area contributed by atoms with Crippen molar-refractivity contribution in [2.75, 3.05) is 14.2 Å². The van der Waals surface area contributed by atoms with Crippen molar-refractivity contribution in [3.63, 3.8) is 0 Å². The number of methoxy groups -OCH3 is 2. The van der Waals surface area contributed by atoms with Gasteiger partial charge >= 0.3 is 6.61 Å². The molecule has 1 N–H and O–H groups in total.